The molecule has 1 rings (SSSR count). The molecule has 0 amide bonds. The third-order valence-electron chi connectivity index (χ3n) is 3.18. The summed E-state index contributed by atoms with van der Waals surface area (Å²) in [6, 6.07) is -0.130. The highest BCUT2D eigenvalue weighted by atomic mass is 16.3. The molecule has 0 bridgehead atoms. The molecule has 0 saturated carbocycles. The first kappa shape index (κ1) is 13.7. The SMILES string of the molecule is CC(C)(C)C(=O)C1C[C@@H](O)CN1C(C)(C)C. The van der Waals surface area contributed by atoms with Crippen molar-refractivity contribution in [2.24, 2.45) is 5.41 Å². The van der Waals surface area contributed by atoms with Crippen LogP contribution >= 0.6 is 0 Å². The Morgan fingerprint density at radius 1 is 1.19 bits per heavy atom. The topological polar surface area (TPSA) is 40.5 Å². The Balaban J connectivity index is 2.91. The van der Waals surface area contributed by atoms with Crippen LogP contribution in [0.2, 0.25) is 0 Å². The van der Waals surface area contributed by atoms with Crippen LogP contribution in [-0.2, 0) is 4.79 Å². The van der Waals surface area contributed by atoms with Crippen LogP contribution in [0.3, 0.4) is 0 Å². The first-order valence-corrected chi connectivity index (χ1v) is 6.02. The lowest BCUT2D eigenvalue weighted by Crippen LogP contribution is -2.50. The third-order valence-corrected chi connectivity index (χ3v) is 3.18. The predicted octanol–water partition coefficient (Wildman–Crippen LogP) is 1.84. The summed E-state index contributed by atoms with van der Waals surface area (Å²) < 4.78 is 0. The molecule has 1 unspecified atom stereocenters. The van der Waals surface area contributed by atoms with E-state index in [-0.39, 0.29) is 28.9 Å². The molecule has 0 aliphatic carbocycles. The summed E-state index contributed by atoms with van der Waals surface area (Å²) in [6.45, 7) is 12.7. The van der Waals surface area contributed by atoms with Gasteiger partial charge in [0.2, 0.25) is 0 Å². The maximum absolute atomic E-state index is 12.3. The van der Waals surface area contributed by atoms with Crippen molar-refractivity contribution in [3.05, 3.63) is 0 Å². The van der Waals surface area contributed by atoms with Crippen LogP contribution in [0, 0.1) is 5.41 Å². The minimum atomic E-state index is -0.365. The van der Waals surface area contributed by atoms with E-state index < -0.39 is 0 Å². The lowest BCUT2D eigenvalue weighted by atomic mass is 9.84. The lowest BCUT2D eigenvalue weighted by Gasteiger charge is -2.38. The van der Waals surface area contributed by atoms with E-state index in [4.69, 9.17) is 0 Å². The number of ketones is 1. The molecule has 1 heterocycles. The van der Waals surface area contributed by atoms with E-state index in [2.05, 4.69) is 25.7 Å². The van der Waals surface area contributed by atoms with E-state index in [1.165, 1.54) is 0 Å². The zero-order valence-corrected chi connectivity index (χ0v) is 11.4. The molecular formula is C13H25NO2. The van der Waals surface area contributed by atoms with Crippen molar-refractivity contribution < 1.29 is 9.90 Å². The van der Waals surface area contributed by atoms with Crippen molar-refractivity contribution in [2.75, 3.05) is 6.54 Å². The van der Waals surface area contributed by atoms with Gasteiger partial charge in [-0.25, -0.2) is 0 Å². The summed E-state index contributed by atoms with van der Waals surface area (Å²) in [5.41, 5.74) is -0.402. The Morgan fingerprint density at radius 3 is 2.06 bits per heavy atom. The Kier molecular flexibility index (Phi) is 3.51. The highest BCUT2D eigenvalue weighted by Gasteiger charge is 2.44. The number of nitrogens with zero attached hydrogens (tertiary/aromatic N) is 1. The molecule has 3 heteroatoms. The van der Waals surface area contributed by atoms with Crippen molar-refractivity contribution in [1.82, 2.24) is 4.90 Å². The molecule has 1 aliphatic heterocycles. The lowest BCUT2D eigenvalue weighted by molar-refractivity contribution is -0.132. The van der Waals surface area contributed by atoms with Gasteiger partial charge < -0.3 is 5.11 Å². The average Bonchev–Trinajstić information content (AvgIpc) is 2.43. The van der Waals surface area contributed by atoms with Crippen LogP contribution < -0.4 is 0 Å². The standard InChI is InChI=1S/C13H25NO2/c1-12(2,3)11(16)10-7-9(15)8-14(10)13(4,5)6/h9-10,15H,7-8H2,1-6H3/t9-,10?/m1/s1. The summed E-state index contributed by atoms with van der Waals surface area (Å²) in [5.74, 6) is 0.235. The van der Waals surface area contributed by atoms with E-state index in [1.807, 2.05) is 20.8 Å². The van der Waals surface area contributed by atoms with E-state index in [1.54, 1.807) is 0 Å². The zero-order chi connectivity index (χ0) is 12.7. The van der Waals surface area contributed by atoms with Crippen LogP contribution in [0.15, 0.2) is 0 Å². The summed E-state index contributed by atoms with van der Waals surface area (Å²) in [5, 5.41) is 9.75. The molecule has 0 aromatic carbocycles. The average molecular weight is 227 g/mol. The fraction of sp³-hybridized carbons (Fsp3) is 0.923. The summed E-state index contributed by atoms with van der Waals surface area (Å²) >= 11 is 0. The van der Waals surface area contributed by atoms with Gasteiger partial charge in [0.05, 0.1) is 12.1 Å². The van der Waals surface area contributed by atoms with Crippen LogP contribution in [0.5, 0.6) is 0 Å². The zero-order valence-electron chi connectivity index (χ0n) is 11.4. The number of hydrogen-bond acceptors (Lipinski definition) is 3. The van der Waals surface area contributed by atoms with E-state index >= 15 is 0 Å². The van der Waals surface area contributed by atoms with Crippen molar-refractivity contribution in [3.63, 3.8) is 0 Å². The molecule has 16 heavy (non-hydrogen) atoms. The largest absolute Gasteiger partial charge is 0.392 e. The summed E-state index contributed by atoms with van der Waals surface area (Å²) in [4.78, 5) is 14.4. The number of likely N-dealkylation sites (tertiary alicyclic amines) is 1. The predicted molar refractivity (Wildman–Crippen MR) is 65.3 cm³/mol. The second kappa shape index (κ2) is 4.11. The summed E-state index contributed by atoms with van der Waals surface area (Å²) in [6.07, 6.45) is 0.212. The number of aliphatic hydroxyl groups excluding tert-OH is 1. The Bertz CT molecular complexity index is 273. The quantitative estimate of drug-likeness (QED) is 0.743. The molecular weight excluding hydrogens is 202 g/mol. The fourth-order valence-electron chi connectivity index (χ4n) is 2.30. The normalized spacial score (nSPS) is 28.4. The van der Waals surface area contributed by atoms with Gasteiger partial charge in [0.1, 0.15) is 0 Å². The molecule has 0 radical (unpaired) electrons. The molecule has 1 N–H and O–H groups in total. The Hall–Kier alpha value is -0.410. The van der Waals surface area contributed by atoms with E-state index in [9.17, 15) is 9.90 Å². The van der Waals surface area contributed by atoms with Crippen LogP contribution in [0.25, 0.3) is 0 Å². The van der Waals surface area contributed by atoms with Gasteiger partial charge in [-0.1, -0.05) is 20.8 Å². The van der Waals surface area contributed by atoms with Gasteiger partial charge >= 0.3 is 0 Å². The van der Waals surface area contributed by atoms with Gasteiger partial charge in [-0.3, -0.25) is 9.69 Å². The minimum absolute atomic E-state index is 0.0664. The van der Waals surface area contributed by atoms with E-state index in [0.29, 0.717) is 13.0 Å². The van der Waals surface area contributed by atoms with Gasteiger partial charge in [-0.2, -0.15) is 0 Å². The monoisotopic (exact) mass is 227 g/mol. The number of Topliss-reactive ketones (excluding diaryl/α,β-unsaturated/α-hetero) is 1. The second-order valence-electron chi connectivity index (χ2n) is 6.84. The molecule has 0 aromatic heterocycles. The third kappa shape index (κ3) is 2.83. The van der Waals surface area contributed by atoms with Crippen LogP contribution in [0.4, 0.5) is 0 Å². The minimum Gasteiger partial charge on any atom is -0.392 e. The molecule has 94 valence electrons. The first-order valence-electron chi connectivity index (χ1n) is 6.02. The molecule has 0 aromatic rings. The van der Waals surface area contributed by atoms with Crippen molar-refractivity contribution in [1.29, 1.82) is 0 Å². The fourth-order valence-corrected chi connectivity index (χ4v) is 2.30. The maximum atomic E-state index is 12.3. The molecule has 0 spiro atoms. The van der Waals surface area contributed by atoms with Gasteiger partial charge in [0.25, 0.3) is 0 Å². The summed E-state index contributed by atoms with van der Waals surface area (Å²) in [7, 11) is 0. The number of aliphatic hydroxyl groups is 1. The maximum Gasteiger partial charge on any atom is 0.155 e. The van der Waals surface area contributed by atoms with Crippen molar-refractivity contribution >= 4 is 5.78 Å². The van der Waals surface area contributed by atoms with Crippen LogP contribution in [0.1, 0.15) is 48.0 Å². The Labute approximate surface area is 98.8 Å². The van der Waals surface area contributed by atoms with Crippen molar-refractivity contribution in [3.8, 4) is 0 Å². The smallest absolute Gasteiger partial charge is 0.155 e. The number of hydrogen-bond donors (Lipinski definition) is 1. The molecule has 3 nitrogen and oxygen atoms in total. The van der Waals surface area contributed by atoms with Gasteiger partial charge in [-0.05, 0) is 27.2 Å². The van der Waals surface area contributed by atoms with Crippen molar-refractivity contribution in [2.45, 2.75) is 65.6 Å². The first-order chi connectivity index (χ1) is 7.03. The van der Waals surface area contributed by atoms with Gasteiger partial charge in [0.15, 0.2) is 5.78 Å². The molecule has 1 fully saturated rings. The number of carbonyl (C=O) groups is 1. The molecule has 1 aliphatic rings. The molecule has 2 atom stereocenters. The molecule has 1 saturated heterocycles. The van der Waals surface area contributed by atoms with E-state index in [0.717, 1.165) is 0 Å². The second-order valence-corrected chi connectivity index (χ2v) is 6.84. The van der Waals surface area contributed by atoms with Gasteiger partial charge in [0, 0.05) is 17.5 Å². The highest BCUT2D eigenvalue weighted by molar-refractivity contribution is 5.89. The number of rotatable bonds is 1. The highest BCUT2D eigenvalue weighted by Crippen LogP contribution is 2.31. The Morgan fingerprint density at radius 2 is 1.69 bits per heavy atom. The number of carbonyl (C=O) groups excluding carboxylic acids is 1. The van der Waals surface area contributed by atoms with Gasteiger partial charge in [-0.15, -0.1) is 0 Å². The number of β-amino-alcohol motifs (C(OH)–C–C–N with tert-alkyl or cyclic N) is 1. The van der Waals surface area contributed by atoms with Crippen LogP contribution in [-0.4, -0.2) is 40.0 Å².